The smallest absolute Gasteiger partial charge is 0.251 e. The van der Waals surface area contributed by atoms with Crippen LogP contribution in [0.5, 0.6) is 0 Å². The van der Waals surface area contributed by atoms with Gasteiger partial charge in [0.05, 0.1) is 0 Å². The molecule has 172 valence electrons. The molecule has 1 aliphatic rings. The Kier molecular flexibility index (Phi) is 7.07. The van der Waals surface area contributed by atoms with Gasteiger partial charge in [-0.3, -0.25) is 9.59 Å². The minimum atomic E-state index is -0.360. The van der Waals surface area contributed by atoms with E-state index in [4.69, 9.17) is 0 Å². The van der Waals surface area contributed by atoms with Crippen molar-refractivity contribution in [1.29, 1.82) is 0 Å². The van der Waals surface area contributed by atoms with Crippen LogP contribution in [0.2, 0.25) is 0 Å². The number of tetrazole rings is 1. The van der Waals surface area contributed by atoms with E-state index in [-0.39, 0.29) is 36.8 Å². The average molecular weight is 451 g/mol. The molecule has 8 nitrogen and oxygen atoms in total. The summed E-state index contributed by atoms with van der Waals surface area (Å²) < 4.78 is 13.2. The normalized spacial score (nSPS) is 14.1. The molecule has 2 aromatic carbocycles. The van der Waals surface area contributed by atoms with Crippen LogP contribution < -0.4 is 10.2 Å². The lowest BCUT2D eigenvalue weighted by molar-refractivity contribution is -0.124. The lowest BCUT2D eigenvalue weighted by Crippen LogP contribution is -2.46. The minimum Gasteiger partial charge on any atom is -0.352 e. The van der Waals surface area contributed by atoms with Crippen LogP contribution in [0.4, 0.5) is 10.1 Å². The highest BCUT2D eigenvalue weighted by molar-refractivity contribution is 5.98. The Balaban J connectivity index is 1.47. The highest BCUT2D eigenvalue weighted by Crippen LogP contribution is 2.19. The van der Waals surface area contributed by atoms with E-state index in [0.717, 1.165) is 31.2 Å². The molecule has 3 aromatic rings. The van der Waals surface area contributed by atoms with Crippen LogP contribution in [0.25, 0.3) is 11.4 Å². The number of amides is 2. The second kappa shape index (κ2) is 10.3. The van der Waals surface area contributed by atoms with Gasteiger partial charge < -0.3 is 10.2 Å². The van der Waals surface area contributed by atoms with Gasteiger partial charge >= 0.3 is 0 Å². The zero-order chi connectivity index (χ0) is 23.2. The van der Waals surface area contributed by atoms with Gasteiger partial charge in [0.1, 0.15) is 18.9 Å². The number of rotatable bonds is 7. The van der Waals surface area contributed by atoms with E-state index in [1.165, 1.54) is 28.2 Å². The molecule has 1 aromatic heterocycles. The van der Waals surface area contributed by atoms with Gasteiger partial charge in [-0.05, 0) is 61.4 Å². The first kappa shape index (κ1) is 22.6. The van der Waals surface area contributed by atoms with Crippen LogP contribution >= 0.6 is 0 Å². The lowest BCUT2D eigenvalue weighted by Gasteiger charge is -2.26. The molecule has 9 heteroatoms. The van der Waals surface area contributed by atoms with Crippen LogP contribution in [-0.2, 0) is 16.1 Å². The van der Waals surface area contributed by atoms with E-state index in [1.807, 2.05) is 31.2 Å². The number of carbonyl (C=O) groups excluding carboxylic acids is 2. The van der Waals surface area contributed by atoms with Gasteiger partial charge in [-0.1, -0.05) is 37.0 Å². The van der Waals surface area contributed by atoms with Gasteiger partial charge in [0.15, 0.2) is 0 Å². The molecule has 0 atom stereocenters. The molecule has 2 amide bonds. The third-order valence-electron chi connectivity index (χ3n) is 5.75. The zero-order valence-electron chi connectivity index (χ0n) is 18.6. The predicted molar refractivity (Wildman–Crippen MR) is 122 cm³/mol. The Hall–Kier alpha value is -3.62. The van der Waals surface area contributed by atoms with Crippen molar-refractivity contribution in [1.82, 2.24) is 25.5 Å². The van der Waals surface area contributed by atoms with Crippen molar-refractivity contribution in [3.8, 4) is 11.4 Å². The molecule has 4 rings (SSSR count). The number of aromatic nitrogens is 4. The third-order valence-corrected chi connectivity index (χ3v) is 5.75. The Morgan fingerprint density at radius 2 is 1.76 bits per heavy atom. The van der Waals surface area contributed by atoms with Crippen molar-refractivity contribution < 1.29 is 14.0 Å². The molecule has 0 spiro atoms. The third kappa shape index (κ3) is 6.00. The van der Waals surface area contributed by atoms with Crippen LogP contribution in [0.15, 0.2) is 48.5 Å². The molecule has 1 aliphatic carbocycles. The molecular weight excluding hydrogens is 423 g/mol. The number of nitrogens with one attached hydrogen (secondary N) is 1. The molecule has 1 N–H and O–H groups in total. The van der Waals surface area contributed by atoms with Crippen molar-refractivity contribution in [2.75, 3.05) is 11.4 Å². The monoisotopic (exact) mass is 450 g/mol. The fourth-order valence-electron chi connectivity index (χ4n) is 3.94. The molecule has 1 heterocycles. The number of halogens is 1. The number of hydrogen-bond acceptors (Lipinski definition) is 5. The number of aryl methyl sites for hydroxylation is 1. The Bertz CT molecular complexity index is 1090. The van der Waals surface area contributed by atoms with E-state index in [9.17, 15) is 14.0 Å². The number of nitrogens with zero attached hydrogens (tertiary/aromatic N) is 5. The second-order valence-electron chi connectivity index (χ2n) is 8.37. The van der Waals surface area contributed by atoms with Crippen molar-refractivity contribution in [2.45, 2.75) is 51.6 Å². The van der Waals surface area contributed by atoms with E-state index < -0.39 is 0 Å². The van der Waals surface area contributed by atoms with E-state index in [2.05, 4.69) is 20.7 Å². The van der Waals surface area contributed by atoms with E-state index in [1.54, 1.807) is 12.1 Å². The first-order chi connectivity index (χ1) is 16.0. The van der Waals surface area contributed by atoms with Crippen molar-refractivity contribution in [3.05, 3.63) is 59.9 Å². The SMILES string of the molecule is Cc1ccc(N(CC(=O)NC2CCCCC2)C(=O)Cn2nnc(-c3ccc(F)cc3)n2)cc1. The maximum atomic E-state index is 13.2. The summed E-state index contributed by atoms with van der Waals surface area (Å²) in [5, 5.41) is 15.2. The Labute approximate surface area is 191 Å². The summed E-state index contributed by atoms with van der Waals surface area (Å²) in [7, 11) is 0. The maximum absolute atomic E-state index is 13.2. The van der Waals surface area contributed by atoms with Crippen molar-refractivity contribution >= 4 is 17.5 Å². The molecule has 0 saturated heterocycles. The summed E-state index contributed by atoms with van der Waals surface area (Å²) in [5.41, 5.74) is 2.28. The largest absolute Gasteiger partial charge is 0.352 e. The highest BCUT2D eigenvalue weighted by atomic mass is 19.1. The maximum Gasteiger partial charge on any atom is 0.251 e. The average Bonchev–Trinajstić information content (AvgIpc) is 3.27. The standard InChI is InChI=1S/C24H27FN6O2/c1-17-7-13-21(14-8-17)30(15-22(32)26-20-5-3-2-4-6-20)23(33)16-31-28-24(27-29-31)18-9-11-19(25)12-10-18/h7-14,20H,2-6,15-16H2,1H3,(H,26,32). The molecule has 0 bridgehead atoms. The minimum absolute atomic E-state index is 0.0854. The first-order valence-corrected chi connectivity index (χ1v) is 11.2. The molecule has 0 unspecified atom stereocenters. The molecule has 1 fully saturated rings. The van der Waals surface area contributed by atoms with Crippen molar-refractivity contribution in [2.24, 2.45) is 0 Å². The topological polar surface area (TPSA) is 93.0 Å². The van der Waals surface area contributed by atoms with Gasteiger partial charge in [0.25, 0.3) is 5.91 Å². The van der Waals surface area contributed by atoms with Crippen LogP contribution in [-0.4, -0.2) is 44.6 Å². The summed E-state index contributed by atoms with van der Waals surface area (Å²) in [6.07, 6.45) is 5.36. The first-order valence-electron chi connectivity index (χ1n) is 11.2. The second-order valence-corrected chi connectivity index (χ2v) is 8.37. The summed E-state index contributed by atoms with van der Waals surface area (Å²) >= 11 is 0. The summed E-state index contributed by atoms with van der Waals surface area (Å²) in [4.78, 5) is 28.6. The lowest BCUT2D eigenvalue weighted by atomic mass is 9.95. The fourth-order valence-corrected chi connectivity index (χ4v) is 3.94. The number of anilines is 1. The molecule has 1 saturated carbocycles. The van der Waals surface area contributed by atoms with Gasteiger partial charge in [-0.15, -0.1) is 10.2 Å². The van der Waals surface area contributed by atoms with Gasteiger partial charge in [-0.25, -0.2) is 4.39 Å². The predicted octanol–water partition coefficient (Wildman–Crippen LogP) is 3.27. The molecule has 0 aliphatic heterocycles. The highest BCUT2D eigenvalue weighted by Gasteiger charge is 2.23. The van der Waals surface area contributed by atoms with E-state index in [0.29, 0.717) is 17.1 Å². The quantitative estimate of drug-likeness (QED) is 0.596. The van der Waals surface area contributed by atoms with Crippen LogP contribution in [0.3, 0.4) is 0 Å². The molecule has 0 radical (unpaired) electrons. The summed E-state index contributed by atoms with van der Waals surface area (Å²) in [6.45, 7) is 1.69. The summed E-state index contributed by atoms with van der Waals surface area (Å²) in [5.74, 6) is -0.587. The Morgan fingerprint density at radius 1 is 1.06 bits per heavy atom. The fraction of sp³-hybridized carbons (Fsp3) is 0.375. The van der Waals surface area contributed by atoms with E-state index >= 15 is 0 Å². The van der Waals surface area contributed by atoms with Crippen molar-refractivity contribution in [3.63, 3.8) is 0 Å². The Morgan fingerprint density at radius 3 is 2.45 bits per heavy atom. The number of carbonyl (C=O) groups is 2. The van der Waals surface area contributed by atoms with Crippen LogP contribution in [0.1, 0.15) is 37.7 Å². The van der Waals surface area contributed by atoms with Gasteiger partial charge in [-0.2, -0.15) is 4.80 Å². The zero-order valence-corrected chi connectivity index (χ0v) is 18.6. The van der Waals surface area contributed by atoms with Crippen LogP contribution in [0, 0.1) is 12.7 Å². The van der Waals surface area contributed by atoms with Gasteiger partial charge in [0.2, 0.25) is 11.7 Å². The number of hydrogen-bond donors (Lipinski definition) is 1. The molecule has 33 heavy (non-hydrogen) atoms. The van der Waals surface area contributed by atoms with Gasteiger partial charge in [0, 0.05) is 17.3 Å². The summed E-state index contributed by atoms with van der Waals surface area (Å²) in [6, 6.07) is 13.3. The molecular formula is C24H27FN6O2. The number of benzene rings is 2.